The average molecular weight is 528 g/mol. The summed E-state index contributed by atoms with van der Waals surface area (Å²) in [6.07, 6.45) is 1.44. The highest BCUT2D eigenvalue weighted by molar-refractivity contribution is 7.89. The van der Waals surface area contributed by atoms with E-state index in [1.165, 1.54) is 16.4 Å². The number of aryl methyl sites for hydroxylation is 1. The van der Waals surface area contributed by atoms with Crippen LogP contribution in [0, 0.1) is 18.7 Å². The molecule has 2 saturated heterocycles. The number of piperidine rings is 1. The number of piperazine rings is 1. The van der Waals surface area contributed by atoms with Gasteiger partial charge in [-0.3, -0.25) is 9.69 Å². The molecule has 0 saturated carbocycles. The Labute approximate surface area is 215 Å². The third-order valence-corrected chi connectivity index (χ3v) is 8.99. The first-order chi connectivity index (χ1) is 17.8. The second-order valence-corrected chi connectivity index (χ2v) is 11.5. The molecule has 0 atom stereocenters. The third-order valence-electron chi connectivity index (χ3n) is 7.08. The third kappa shape index (κ3) is 5.73. The zero-order valence-electron chi connectivity index (χ0n) is 20.7. The van der Waals surface area contributed by atoms with Crippen LogP contribution in [-0.2, 0) is 21.4 Å². The smallest absolute Gasteiger partial charge is 0.243 e. The SMILES string of the molecule is Cc1ccc(S(=O)(=O)N2CCN(C(=O)C3CCN(Cc4nc(-c5ccc(F)cc5)no4)CC3)CC2)cc1. The molecule has 2 aliphatic rings. The van der Waals surface area contributed by atoms with Crippen molar-refractivity contribution in [2.75, 3.05) is 39.3 Å². The van der Waals surface area contributed by atoms with Gasteiger partial charge in [-0.15, -0.1) is 0 Å². The maximum atomic E-state index is 13.1. The maximum absolute atomic E-state index is 13.1. The van der Waals surface area contributed by atoms with Crippen LogP contribution in [0.4, 0.5) is 4.39 Å². The number of halogens is 1. The van der Waals surface area contributed by atoms with Crippen LogP contribution in [0.15, 0.2) is 57.9 Å². The molecular formula is C26H30FN5O4S. The lowest BCUT2D eigenvalue weighted by molar-refractivity contribution is -0.138. The quantitative estimate of drug-likeness (QED) is 0.486. The Morgan fingerprint density at radius 3 is 2.27 bits per heavy atom. The number of likely N-dealkylation sites (tertiary alicyclic amines) is 1. The number of rotatable bonds is 6. The Morgan fingerprint density at radius 1 is 0.973 bits per heavy atom. The van der Waals surface area contributed by atoms with Gasteiger partial charge >= 0.3 is 0 Å². The summed E-state index contributed by atoms with van der Waals surface area (Å²) in [5.74, 6) is 0.607. The number of carbonyl (C=O) groups excluding carboxylic acids is 1. The fourth-order valence-electron chi connectivity index (χ4n) is 4.83. The van der Waals surface area contributed by atoms with Gasteiger partial charge in [-0.05, 0) is 69.3 Å². The molecule has 2 aliphatic heterocycles. The van der Waals surface area contributed by atoms with Crippen molar-refractivity contribution in [1.29, 1.82) is 0 Å². The van der Waals surface area contributed by atoms with Crippen LogP contribution in [0.2, 0.25) is 0 Å². The summed E-state index contributed by atoms with van der Waals surface area (Å²) in [7, 11) is -3.56. The molecule has 0 radical (unpaired) electrons. The molecule has 37 heavy (non-hydrogen) atoms. The van der Waals surface area contributed by atoms with Crippen molar-refractivity contribution >= 4 is 15.9 Å². The highest BCUT2D eigenvalue weighted by atomic mass is 32.2. The largest absolute Gasteiger partial charge is 0.340 e. The van der Waals surface area contributed by atoms with E-state index in [9.17, 15) is 17.6 Å². The fourth-order valence-corrected chi connectivity index (χ4v) is 6.25. The molecule has 0 unspecified atom stereocenters. The van der Waals surface area contributed by atoms with Crippen molar-refractivity contribution in [2.24, 2.45) is 5.92 Å². The van der Waals surface area contributed by atoms with Crippen LogP contribution >= 0.6 is 0 Å². The second kappa shape index (κ2) is 10.7. The number of carbonyl (C=O) groups is 1. The standard InChI is InChI=1S/C26H30FN5O4S/c1-19-2-8-23(9-3-19)37(34,35)32-16-14-31(15-17-32)26(33)21-10-12-30(13-11-21)18-24-28-25(29-36-24)20-4-6-22(27)7-5-20/h2-9,21H,10-18H2,1H3. The first-order valence-electron chi connectivity index (χ1n) is 12.5. The highest BCUT2D eigenvalue weighted by Crippen LogP contribution is 2.24. The van der Waals surface area contributed by atoms with Crippen LogP contribution < -0.4 is 0 Å². The summed E-state index contributed by atoms with van der Waals surface area (Å²) >= 11 is 0. The summed E-state index contributed by atoms with van der Waals surface area (Å²) in [6, 6.07) is 12.8. The predicted molar refractivity (Wildman–Crippen MR) is 134 cm³/mol. The van der Waals surface area contributed by atoms with Gasteiger partial charge in [0.1, 0.15) is 5.82 Å². The molecule has 3 heterocycles. The first-order valence-corrected chi connectivity index (χ1v) is 13.9. The van der Waals surface area contributed by atoms with Gasteiger partial charge < -0.3 is 9.42 Å². The number of hydrogen-bond acceptors (Lipinski definition) is 7. The number of amides is 1. The lowest BCUT2D eigenvalue weighted by atomic mass is 9.95. The van der Waals surface area contributed by atoms with E-state index in [1.54, 1.807) is 41.3 Å². The van der Waals surface area contributed by atoms with Crippen molar-refractivity contribution in [3.8, 4) is 11.4 Å². The molecule has 9 nitrogen and oxygen atoms in total. The van der Waals surface area contributed by atoms with E-state index in [0.29, 0.717) is 50.0 Å². The van der Waals surface area contributed by atoms with Gasteiger partial charge in [0.05, 0.1) is 11.4 Å². The number of benzene rings is 2. The molecule has 2 aromatic carbocycles. The number of hydrogen-bond donors (Lipinski definition) is 0. The minimum absolute atomic E-state index is 0.0750. The zero-order valence-corrected chi connectivity index (χ0v) is 21.5. The van der Waals surface area contributed by atoms with Gasteiger partial charge in [-0.2, -0.15) is 9.29 Å². The molecule has 1 amide bonds. The van der Waals surface area contributed by atoms with E-state index in [4.69, 9.17) is 4.52 Å². The monoisotopic (exact) mass is 527 g/mol. The van der Waals surface area contributed by atoms with Crippen LogP contribution in [0.3, 0.4) is 0 Å². The molecule has 196 valence electrons. The lowest BCUT2D eigenvalue weighted by Gasteiger charge is -2.38. The van der Waals surface area contributed by atoms with Crippen LogP contribution in [0.1, 0.15) is 24.3 Å². The zero-order chi connectivity index (χ0) is 26.0. The number of aromatic nitrogens is 2. The van der Waals surface area contributed by atoms with E-state index >= 15 is 0 Å². The molecular weight excluding hydrogens is 497 g/mol. The molecule has 0 aliphatic carbocycles. The average Bonchev–Trinajstić information content (AvgIpc) is 3.38. The fraction of sp³-hybridized carbons (Fsp3) is 0.423. The molecule has 2 fully saturated rings. The van der Waals surface area contributed by atoms with Gasteiger partial charge in [0.15, 0.2) is 0 Å². The van der Waals surface area contributed by atoms with Gasteiger partial charge in [0, 0.05) is 37.7 Å². The first kappa shape index (κ1) is 25.5. The van der Waals surface area contributed by atoms with Crippen LogP contribution in [0.5, 0.6) is 0 Å². The van der Waals surface area contributed by atoms with Gasteiger partial charge in [-0.25, -0.2) is 12.8 Å². The Kier molecular flexibility index (Phi) is 7.36. The minimum atomic E-state index is -3.56. The van der Waals surface area contributed by atoms with E-state index in [1.807, 2.05) is 6.92 Å². The van der Waals surface area contributed by atoms with E-state index in [0.717, 1.165) is 31.5 Å². The molecule has 1 aromatic heterocycles. The minimum Gasteiger partial charge on any atom is -0.340 e. The van der Waals surface area contributed by atoms with E-state index < -0.39 is 10.0 Å². The Bertz CT molecular complexity index is 1330. The summed E-state index contributed by atoms with van der Waals surface area (Å²) in [5, 5.41) is 3.99. The van der Waals surface area contributed by atoms with Crippen LogP contribution in [-0.4, -0.2) is 77.8 Å². The van der Waals surface area contributed by atoms with Crippen molar-refractivity contribution < 1.29 is 22.1 Å². The van der Waals surface area contributed by atoms with Gasteiger partial charge in [0.2, 0.25) is 27.6 Å². The Balaban J connectivity index is 1.10. The maximum Gasteiger partial charge on any atom is 0.243 e. The highest BCUT2D eigenvalue weighted by Gasteiger charge is 2.34. The summed E-state index contributed by atoms with van der Waals surface area (Å²) in [6.45, 7) is 5.27. The molecule has 0 bridgehead atoms. The van der Waals surface area contributed by atoms with Crippen molar-refractivity contribution in [1.82, 2.24) is 24.2 Å². The molecule has 11 heteroatoms. The summed E-state index contributed by atoms with van der Waals surface area (Å²) in [5.41, 5.74) is 1.69. The number of sulfonamides is 1. The lowest BCUT2D eigenvalue weighted by Crippen LogP contribution is -2.52. The van der Waals surface area contributed by atoms with Gasteiger partial charge in [-0.1, -0.05) is 22.9 Å². The topological polar surface area (TPSA) is 99.9 Å². The normalized spacial score (nSPS) is 18.3. The summed E-state index contributed by atoms with van der Waals surface area (Å²) in [4.78, 5) is 21.8. The van der Waals surface area contributed by atoms with Crippen molar-refractivity contribution in [2.45, 2.75) is 31.2 Å². The molecule has 3 aromatic rings. The number of nitrogens with zero attached hydrogens (tertiary/aromatic N) is 5. The van der Waals surface area contributed by atoms with Crippen molar-refractivity contribution in [3.63, 3.8) is 0 Å². The van der Waals surface area contributed by atoms with Crippen molar-refractivity contribution in [3.05, 3.63) is 65.8 Å². The van der Waals surface area contributed by atoms with Gasteiger partial charge in [0.25, 0.3) is 0 Å². The Morgan fingerprint density at radius 2 is 1.62 bits per heavy atom. The molecule has 0 N–H and O–H groups in total. The second-order valence-electron chi connectivity index (χ2n) is 9.61. The molecule has 0 spiro atoms. The van der Waals surface area contributed by atoms with E-state index in [2.05, 4.69) is 15.0 Å². The summed E-state index contributed by atoms with van der Waals surface area (Å²) < 4.78 is 45.9. The van der Waals surface area contributed by atoms with Crippen LogP contribution in [0.25, 0.3) is 11.4 Å². The van der Waals surface area contributed by atoms with E-state index in [-0.39, 0.29) is 22.5 Å². The predicted octanol–water partition coefficient (Wildman–Crippen LogP) is 2.93. The molecule has 5 rings (SSSR count). The Hall–Kier alpha value is -3.15.